The first kappa shape index (κ1) is 13.8. The van der Waals surface area contributed by atoms with Gasteiger partial charge in [-0.1, -0.05) is 20.3 Å². The van der Waals surface area contributed by atoms with Crippen LogP contribution < -0.4 is 10.2 Å². The topological polar surface area (TPSA) is 28.2 Å². The molecule has 2 heterocycles. The number of anilines is 1. The molecular weight excluding hydrogens is 242 g/mol. The van der Waals surface area contributed by atoms with Crippen LogP contribution in [0.3, 0.4) is 0 Å². The molecule has 1 aromatic heterocycles. The fourth-order valence-corrected chi connectivity index (χ4v) is 3.32. The molecule has 0 aromatic carbocycles. The molecule has 1 aromatic rings. The molecular formula is C14H25N3S. The van der Waals surface area contributed by atoms with Gasteiger partial charge in [-0.15, -0.1) is 11.3 Å². The number of rotatable bonds is 6. The van der Waals surface area contributed by atoms with Crippen molar-refractivity contribution in [3.8, 4) is 0 Å². The van der Waals surface area contributed by atoms with E-state index in [0.717, 1.165) is 19.0 Å². The van der Waals surface area contributed by atoms with Crippen LogP contribution in [0.25, 0.3) is 0 Å². The molecule has 3 nitrogen and oxygen atoms in total. The zero-order chi connectivity index (χ0) is 12.8. The molecule has 0 aliphatic carbocycles. The zero-order valence-electron chi connectivity index (χ0n) is 11.6. The molecule has 1 saturated heterocycles. The van der Waals surface area contributed by atoms with E-state index in [-0.39, 0.29) is 0 Å². The number of piperidine rings is 1. The van der Waals surface area contributed by atoms with Crippen LogP contribution in [0.15, 0.2) is 6.20 Å². The molecule has 1 fully saturated rings. The van der Waals surface area contributed by atoms with Crippen LogP contribution in [-0.2, 0) is 6.54 Å². The third kappa shape index (κ3) is 3.95. The molecule has 2 rings (SSSR count). The normalized spacial score (nSPS) is 20.3. The lowest BCUT2D eigenvalue weighted by Crippen LogP contribution is -2.34. The van der Waals surface area contributed by atoms with Crippen LogP contribution >= 0.6 is 11.3 Å². The van der Waals surface area contributed by atoms with Crippen molar-refractivity contribution in [2.24, 2.45) is 5.92 Å². The number of nitrogens with zero attached hydrogens (tertiary/aromatic N) is 2. The van der Waals surface area contributed by atoms with E-state index in [1.807, 2.05) is 17.5 Å². The monoisotopic (exact) mass is 267 g/mol. The van der Waals surface area contributed by atoms with Gasteiger partial charge in [-0.05, 0) is 31.7 Å². The van der Waals surface area contributed by atoms with Crippen LogP contribution in [0.2, 0.25) is 0 Å². The highest BCUT2D eigenvalue weighted by molar-refractivity contribution is 7.15. The Bertz CT molecular complexity index is 351. The maximum Gasteiger partial charge on any atom is 0.185 e. The SMILES string of the molecule is CCCCNCc1cnc(N2CCCC(C)C2)s1. The van der Waals surface area contributed by atoms with Gasteiger partial charge in [-0.2, -0.15) is 0 Å². The zero-order valence-corrected chi connectivity index (χ0v) is 12.4. The number of hydrogen-bond donors (Lipinski definition) is 1. The van der Waals surface area contributed by atoms with Crippen molar-refractivity contribution in [1.82, 2.24) is 10.3 Å². The molecule has 102 valence electrons. The van der Waals surface area contributed by atoms with E-state index in [0.29, 0.717) is 0 Å². The average molecular weight is 267 g/mol. The van der Waals surface area contributed by atoms with Crippen molar-refractivity contribution in [3.63, 3.8) is 0 Å². The number of hydrogen-bond acceptors (Lipinski definition) is 4. The maximum atomic E-state index is 4.58. The van der Waals surface area contributed by atoms with E-state index in [1.165, 1.54) is 48.8 Å². The molecule has 0 amide bonds. The molecule has 0 bridgehead atoms. The highest BCUT2D eigenvalue weighted by Gasteiger charge is 2.18. The van der Waals surface area contributed by atoms with E-state index in [1.54, 1.807) is 0 Å². The Labute approximate surface area is 115 Å². The van der Waals surface area contributed by atoms with Crippen molar-refractivity contribution in [2.45, 2.75) is 46.1 Å². The first-order valence-electron chi connectivity index (χ1n) is 7.20. The summed E-state index contributed by atoms with van der Waals surface area (Å²) in [4.78, 5) is 8.39. The summed E-state index contributed by atoms with van der Waals surface area (Å²) in [5.41, 5.74) is 0. The largest absolute Gasteiger partial charge is 0.348 e. The molecule has 1 unspecified atom stereocenters. The van der Waals surface area contributed by atoms with Crippen LogP contribution in [0, 0.1) is 5.92 Å². The van der Waals surface area contributed by atoms with Gasteiger partial charge in [0.25, 0.3) is 0 Å². The lowest BCUT2D eigenvalue weighted by molar-refractivity contribution is 0.446. The van der Waals surface area contributed by atoms with Gasteiger partial charge in [0.05, 0.1) is 0 Å². The summed E-state index contributed by atoms with van der Waals surface area (Å²) < 4.78 is 0. The van der Waals surface area contributed by atoms with Crippen LogP contribution in [0.1, 0.15) is 44.4 Å². The second-order valence-corrected chi connectivity index (χ2v) is 6.43. The first-order valence-corrected chi connectivity index (χ1v) is 8.01. The fourth-order valence-electron chi connectivity index (χ4n) is 2.40. The van der Waals surface area contributed by atoms with Gasteiger partial charge in [-0.25, -0.2) is 4.98 Å². The minimum absolute atomic E-state index is 0.814. The summed E-state index contributed by atoms with van der Waals surface area (Å²) in [5, 5.41) is 4.70. The first-order chi connectivity index (χ1) is 8.79. The molecule has 0 saturated carbocycles. The van der Waals surface area contributed by atoms with Gasteiger partial charge < -0.3 is 10.2 Å². The van der Waals surface area contributed by atoms with E-state index in [4.69, 9.17) is 0 Å². The molecule has 1 aliphatic rings. The van der Waals surface area contributed by atoms with Crippen LogP contribution in [0.5, 0.6) is 0 Å². The van der Waals surface area contributed by atoms with Gasteiger partial charge in [0.1, 0.15) is 0 Å². The van der Waals surface area contributed by atoms with Crippen molar-refractivity contribution >= 4 is 16.5 Å². The Morgan fingerprint density at radius 2 is 2.44 bits per heavy atom. The minimum atomic E-state index is 0.814. The standard InChI is InChI=1S/C14H25N3S/c1-3-4-7-15-9-13-10-16-14(18-13)17-8-5-6-12(2)11-17/h10,12,15H,3-9,11H2,1-2H3. The average Bonchev–Trinajstić information content (AvgIpc) is 2.83. The quantitative estimate of drug-likeness (QED) is 0.802. The smallest absolute Gasteiger partial charge is 0.185 e. The molecule has 0 spiro atoms. The number of thiazole rings is 1. The van der Waals surface area contributed by atoms with Crippen molar-refractivity contribution in [1.29, 1.82) is 0 Å². The number of unbranched alkanes of at least 4 members (excludes halogenated alkanes) is 1. The number of aromatic nitrogens is 1. The van der Waals surface area contributed by atoms with E-state index in [2.05, 4.69) is 29.0 Å². The lowest BCUT2D eigenvalue weighted by Gasteiger charge is -2.30. The summed E-state index contributed by atoms with van der Waals surface area (Å²) in [6, 6.07) is 0. The maximum absolute atomic E-state index is 4.58. The molecule has 0 radical (unpaired) electrons. The van der Waals surface area contributed by atoms with E-state index in [9.17, 15) is 0 Å². The second kappa shape index (κ2) is 7.10. The second-order valence-electron chi connectivity index (χ2n) is 5.33. The van der Waals surface area contributed by atoms with Crippen molar-refractivity contribution in [3.05, 3.63) is 11.1 Å². The summed E-state index contributed by atoms with van der Waals surface area (Å²) in [5.74, 6) is 0.814. The molecule has 1 aliphatic heterocycles. The van der Waals surface area contributed by atoms with Gasteiger partial charge >= 0.3 is 0 Å². The van der Waals surface area contributed by atoms with Gasteiger partial charge in [0.15, 0.2) is 5.13 Å². The molecule has 18 heavy (non-hydrogen) atoms. The predicted molar refractivity (Wildman–Crippen MR) is 79.3 cm³/mol. The summed E-state index contributed by atoms with van der Waals surface area (Å²) >= 11 is 1.85. The highest BCUT2D eigenvalue weighted by Crippen LogP contribution is 2.27. The minimum Gasteiger partial charge on any atom is -0.348 e. The highest BCUT2D eigenvalue weighted by atomic mass is 32.1. The van der Waals surface area contributed by atoms with E-state index >= 15 is 0 Å². The Morgan fingerprint density at radius 3 is 3.22 bits per heavy atom. The Morgan fingerprint density at radius 1 is 1.56 bits per heavy atom. The van der Waals surface area contributed by atoms with Crippen LogP contribution in [0.4, 0.5) is 5.13 Å². The predicted octanol–water partition coefficient (Wildman–Crippen LogP) is 3.27. The number of nitrogens with one attached hydrogen (secondary N) is 1. The Hall–Kier alpha value is -0.610. The summed E-state index contributed by atoms with van der Waals surface area (Å²) in [6.07, 6.45) is 7.23. The Kier molecular flexibility index (Phi) is 5.45. The Balaban J connectivity index is 1.81. The molecule has 1 atom stereocenters. The molecule has 4 heteroatoms. The van der Waals surface area contributed by atoms with Crippen molar-refractivity contribution < 1.29 is 0 Å². The fraction of sp³-hybridized carbons (Fsp3) is 0.786. The van der Waals surface area contributed by atoms with Crippen molar-refractivity contribution in [2.75, 3.05) is 24.5 Å². The third-order valence-electron chi connectivity index (χ3n) is 3.48. The van der Waals surface area contributed by atoms with Gasteiger partial charge in [0, 0.05) is 30.7 Å². The van der Waals surface area contributed by atoms with Crippen LogP contribution in [-0.4, -0.2) is 24.6 Å². The van der Waals surface area contributed by atoms with E-state index < -0.39 is 0 Å². The summed E-state index contributed by atoms with van der Waals surface area (Å²) in [7, 11) is 0. The van der Waals surface area contributed by atoms with Gasteiger partial charge in [-0.3, -0.25) is 0 Å². The third-order valence-corrected chi connectivity index (χ3v) is 4.53. The molecule has 1 N–H and O–H groups in total. The van der Waals surface area contributed by atoms with Gasteiger partial charge in [0.2, 0.25) is 0 Å². The summed E-state index contributed by atoms with van der Waals surface area (Å²) in [6.45, 7) is 9.01. The lowest BCUT2D eigenvalue weighted by atomic mass is 10.0.